The molecular weight excluding hydrogens is 215 g/mol. The van der Waals surface area contributed by atoms with Crippen LogP contribution in [0.2, 0.25) is 5.15 Å². The van der Waals surface area contributed by atoms with Crippen LogP contribution in [-0.2, 0) is 0 Å². The van der Waals surface area contributed by atoms with Crippen molar-refractivity contribution >= 4 is 22.5 Å². The molecule has 0 fully saturated rings. The van der Waals surface area contributed by atoms with E-state index < -0.39 is 0 Å². The highest BCUT2D eigenvalue weighted by Gasteiger charge is 2.10. The van der Waals surface area contributed by atoms with Crippen LogP contribution in [0.4, 0.5) is 4.39 Å². The number of benzene rings is 1. The summed E-state index contributed by atoms with van der Waals surface area (Å²) in [7, 11) is 0. The van der Waals surface area contributed by atoms with Crippen molar-refractivity contribution in [1.29, 1.82) is 0 Å². The summed E-state index contributed by atoms with van der Waals surface area (Å²) in [4.78, 5) is 4.01. The Hall–Kier alpha value is -1.19. The van der Waals surface area contributed by atoms with E-state index in [9.17, 15) is 4.39 Å². The topological polar surface area (TPSA) is 38.9 Å². The van der Waals surface area contributed by atoms with Gasteiger partial charge < -0.3 is 5.73 Å². The predicted molar refractivity (Wildman–Crippen MR) is 59.3 cm³/mol. The van der Waals surface area contributed by atoms with Gasteiger partial charge in [-0.15, -0.1) is 0 Å². The molecule has 1 unspecified atom stereocenters. The van der Waals surface area contributed by atoms with Crippen molar-refractivity contribution in [2.45, 2.75) is 13.0 Å². The van der Waals surface area contributed by atoms with E-state index in [1.165, 1.54) is 6.07 Å². The molecule has 1 aromatic carbocycles. The Bertz CT molecular complexity index is 511. The highest BCUT2D eigenvalue weighted by atomic mass is 35.5. The fourth-order valence-electron chi connectivity index (χ4n) is 1.48. The number of hydrogen-bond acceptors (Lipinski definition) is 2. The highest BCUT2D eigenvalue weighted by molar-refractivity contribution is 6.30. The molecule has 0 saturated carbocycles. The molecule has 0 amide bonds. The number of nitrogens with two attached hydrogens (primary N) is 1. The molecule has 2 nitrogen and oxygen atoms in total. The van der Waals surface area contributed by atoms with Gasteiger partial charge in [0, 0.05) is 17.0 Å². The summed E-state index contributed by atoms with van der Waals surface area (Å²) in [5.41, 5.74) is 6.74. The van der Waals surface area contributed by atoms with Crippen LogP contribution in [0, 0.1) is 5.82 Å². The van der Waals surface area contributed by atoms with Gasteiger partial charge in [-0.1, -0.05) is 23.7 Å². The summed E-state index contributed by atoms with van der Waals surface area (Å²) in [5, 5.41) is 0.981. The Balaban J connectivity index is 2.76. The SMILES string of the molecule is CC(N)c1cc2cccc(F)c2nc1Cl. The lowest BCUT2D eigenvalue weighted by molar-refractivity contribution is 0.636. The van der Waals surface area contributed by atoms with E-state index >= 15 is 0 Å². The number of hydrogen-bond donors (Lipinski definition) is 1. The van der Waals surface area contributed by atoms with E-state index in [0.717, 1.165) is 5.56 Å². The molecule has 2 aromatic rings. The van der Waals surface area contributed by atoms with Crippen LogP contribution in [-0.4, -0.2) is 4.98 Å². The lowest BCUT2D eigenvalue weighted by Crippen LogP contribution is -2.06. The lowest BCUT2D eigenvalue weighted by Gasteiger charge is -2.09. The minimum atomic E-state index is -0.370. The predicted octanol–water partition coefficient (Wildman–Crippen LogP) is 3.05. The van der Waals surface area contributed by atoms with Crippen LogP contribution in [0.5, 0.6) is 0 Å². The summed E-state index contributed by atoms with van der Waals surface area (Å²) in [6.07, 6.45) is 0. The van der Waals surface area contributed by atoms with Crippen molar-refractivity contribution in [3.63, 3.8) is 0 Å². The van der Waals surface area contributed by atoms with Crippen molar-refractivity contribution in [1.82, 2.24) is 4.98 Å². The fourth-order valence-corrected chi connectivity index (χ4v) is 1.79. The van der Waals surface area contributed by atoms with Gasteiger partial charge in [-0.3, -0.25) is 0 Å². The monoisotopic (exact) mass is 224 g/mol. The van der Waals surface area contributed by atoms with Gasteiger partial charge >= 0.3 is 0 Å². The number of aromatic nitrogens is 1. The maximum Gasteiger partial charge on any atom is 0.149 e. The first-order valence-corrected chi connectivity index (χ1v) is 4.97. The van der Waals surface area contributed by atoms with Crippen LogP contribution in [0.15, 0.2) is 24.3 Å². The van der Waals surface area contributed by atoms with Crippen molar-refractivity contribution in [3.05, 3.63) is 40.8 Å². The third-order valence-electron chi connectivity index (χ3n) is 2.27. The van der Waals surface area contributed by atoms with E-state index in [-0.39, 0.29) is 22.5 Å². The van der Waals surface area contributed by atoms with Gasteiger partial charge in [-0.2, -0.15) is 0 Å². The minimum absolute atomic E-state index is 0.210. The molecule has 0 aliphatic rings. The smallest absolute Gasteiger partial charge is 0.149 e. The number of para-hydroxylation sites is 1. The van der Waals surface area contributed by atoms with Gasteiger partial charge in [0.2, 0.25) is 0 Å². The standard InChI is InChI=1S/C11H10ClFN2/c1-6(14)8-5-7-3-2-4-9(13)10(7)15-11(8)12/h2-6H,14H2,1H3. The Morgan fingerprint density at radius 1 is 1.47 bits per heavy atom. The Morgan fingerprint density at radius 3 is 2.87 bits per heavy atom. The van der Waals surface area contributed by atoms with Crippen molar-refractivity contribution in [3.8, 4) is 0 Å². The molecule has 0 bridgehead atoms. The molecule has 0 aliphatic carbocycles. The molecule has 0 saturated heterocycles. The quantitative estimate of drug-likeness (QED) is 0.757. The van der Waals surface area contributed by atoms with E-state index in [1.54, 1.807) is 18.2 Å². The number of nitrogens with zero attached hydrogens (tertiary/aromatic N) is 1. The largest absolute Gasteiger partial charge is 0.324 e. The molecule has 0 aliphatic heterocycles. The average Bonchev–Trinajstić information content (AvgIpc) is 2.18. The van der Waals surface area contributed by atoms with Crippen LogP contribution in [0.1, 0.15) is 18.5 Å². The first-order valence-electron chi connectivity index (χ1n) is 4.60. The van der Waals surface area contributed by atoms with Gasteiger partial charge in [0.05, 0.1) is 0 Å². The van der Waals surface area contributed by atoms with E-state index in [2.05, 4.69) is 4.98 Å². The van der Waals surface area contributed by atoms with Crippen LogP contribution in [0.3, 0.4) is 0 Å². The fraction of sp³-hybridized carbons (Fsp3) is 0.182. The van der Waals surface area contributed by atoms with Crippen molar-refractivity contribution in [2.75, 3.05) is 0 Å². The third-order valence-corrected chi connectivity index (χ3v) is 2.57. The Kier molecular flexibility index (Phi) is 2.59. The molecule has 1 atom stereocenters. The molecule has 0 radical (unpaired) electrons. The van der Waals surface area contributed by atoms with E-state index in [0.29, 0.717) is 5.39 Å². The molecule has 15 heavy (non-hydrogen) atoms. The van der Waals surface area contributed by atoms with Crippen molar-refractivity contribution in [2.24, 2.45) is 5.73 Å². The molecule has 4 heteroatoms. The third kappa shape index (κ3) is 1.80. The first-order chi connectivity index (χ1) is 7.09. The summed E-state index contributed by atoms with van der Waals surface area (Å²) in [6.45, 7) is 1.81. The van der Waals surface area contributed by atoms with E-state index in [4.69, 9.17) is 17.3 Å². The summed E-state index contributed by atoms with van der Waals surface area (Å²) in [5.74, 6) is -0.370. The van der Waals surface area contributed by atoms with Crippen LogP contribution >= 0.6 is 11.6 Å². The molecule has 1 heterocycles. The van der Waals surface area contributed by atoms with Gasteiger partial charge in [-0.05, 0) is 19.1 Å². The van der Waals surface area contributed by atoms with Crippen LogP contribution < -0.4 is 5.73 Å². The zero-order valence-corrected chi connectivity index (χ0v) is 8.92. The van der Waals surface area contributed by atoms with Crippen LogP contribution in [0.25, 0.3) is 10.9 Å². The molecule has 0 spiro atoms. The molecule has 2 N–H and O–H groups in total. The number of rotatable bonds is 1. The zero-order chi connectivity index (χ0) is 11.0. The van der Waals surface area contributed by atoms with Gasteiger partial charge in [-0.25, -0.2) is 9.37 Å². The second kappa shape index (κ2) is 3.76. The zero-order valence-electron chi connectivity index (χ0n) is 8.17. The summed E-state index contributed by atoms with van der Waals surface area (Å²) in [6, 6.07) is 6.35. The molecule has 78 valence electrons. The molecular formula is C11H10ClFN2. The lowest BCUT2D eigenvalue weighted by atomic mass is 10.1. The molecule has 2 rings (SSSR count). The average molecular weight is 225 g/mol. The summed E-state index contributed by atoms with van der Waals surface area (Å²) >= 11 is 5.91. The first kappa shape index (κ1) is 10.3. The normalized spacial score (nSPS) is 13.1. The summed E-state index contributed by atoms with van der Waals surface area (Å²) < 4.78 is 13.3. The second-order valence-corrected chi connectivity index (χ2v) is 3.83. The Morgan fingerprint density at radius 2 is 2.20 bits per heavy atom. The van der Waals surface area contributed by atoms with Gasteiger partial charge in [0.25, 0.3) is 0 Å². The Labute approximate surface area is 91.9 Å². The van der Waals surface area contributed by atoms with Crippen molar-refractivity contribution < 1.29 is 4.39 Å². The number of pyridine rings is 1. The van der Waals surface area contributed by atoms with E-state index in [1.807, 2.05) is 6.92 Å². The number of halogens is 2. The highest BCUT2D eigenvalue weighted by Crippen LogP contribution is 2.25. The van der Waals surface area contributed by atoms with Gasteiger partial charge in [0.15, 0.2) is 0 Å². The minimum Gasteiger partial charge on any atom is -0.324 e. The molecule has 1 aromatic heterocycles. The maximum atomic E-state index is 13.3. The van der Waals surface area contributed by atoms with Gasteiger partial charge in [0.1, 0.15) is 16.5 Å². The number of fused-ring (bicyclic) bond motifs is 1. The second-order valence-electron chi connectivity index (χ2n) is 3.47. The maximum absolute atomic E-state index is 13.3.